The van der Waals surface area contributed by atoms with Gasteiger partial charge in [0.15, 0.2) is 0 Å². The smallest absolute Gasteiger partial charge is 0.286 e. The summed E-state index contributed by atoms with van der Waals surface area (Å²) in [4.78, 5) is 21.2. The van der Waals surface area contributed by atoms with E-state index in [0.29, 0.717) is 11.1 Å². The molecule has 5 nitrogen and oxygen atoms in total. The van der Waals surface area contributed by atoms with Gasteiger partial charge in [-0.15, -0.1) is 0 Å². The molecule has 5 heteroatoms. The van der Waals surface area contributed by atoms with E-state index >= 15 is 0 Å². The summed E-state index contributed by atoms with van der Waals surface area (Å²) >= 11 is 0. The van der Waals surface area contributed by atoms with Crippen molar-refractivity contribution in [2.75, 3.05) is 0 Å². The van der Waals surface area contributed by atoms with Crippen molar-refractivity contribution in [1.82, 2.24) is 5.32 Å². The van der Waals surface area contributed by atoms with Gasteiger partial charge in [0.25, 0.3) is 5.91 Å². The van der Waals surface area contributed by atoms with E-state index < -0.39 is 11.1 Å². The fraction of sp³-hybridized carbons (Fsp3) is 0.125. The average molecular weight is 178 g/mol. The van der Waals surface area contributed by atoms with Crippen LogP contribution in [0, 0.1) is 10.1 Å². The minimum Gasteiger partial charge on any atom is -0.286 e. The number of rotatable bonds is 1. The Labute approximate surface area is 73.5 Å². The summed E-state index contributed by atoms with van der Waals surface area (Å²) in [7, 11) is 0. The number of hydrogen-bond acceptors (Lipinski definition) is 3. The van der Waals surface area contributed by atoms with Gasteiger partial charge in [-0.2, -0.15) is 0 Å². The van der Waals surface area contributed by atoms with E-state index in [1.807, 2.05) is 0 Å². The molecule has 1 aliphatic heterocycles. The molecule has 1 atom stereocenters. The first-order chi connectivity index (χ1) is 6.20. The predicted octanol–water partition coefficient (Wildman–Crippen LogP) is 0.705. The lowest BCUT2D eigenvalue weighted by Crippen LogP contribution is -2.24. The first-order valence-corrected chi connectivity index (χ1v) is 3.73. The van der Waals surface area contributed by atoms with Crippen LogP contribution in [0.15, 0.2) is 24.3 Å². The second-order valence-electron chi connectivity index (χ2n) is 2.75. The van der Waals surface area contributed by atoms with E-state index in [-0.39, 0.29) is 5.91 Å². The molecule has 0 saturated heterocycles. The monoisotopic (exact) mass is 178 g/mol. The fourth-order valence-electron chi connectivity index (χ4n) is 1.39. The third-order valence-corrected chi connectivity index (χ3v) is 1.98. The highest BCUT2D eigenvalue weighted by molar-refractivity contribution is 5.98. The molecule has 1 amide bonds. The van der Waals surface area contributed by atoms with Gasteiger partial charge in [-0.1, -0.05) is 12.1 Å². The molecule has 0 saturated carbocycles. The molecule has 1 aromatic rings. The molecule has 0 fully saturated rings. The number of hydrogen-bond donors (Lipinski definition) is 1. The standard InChI is InChI=1S/C8H6N2O3/c11-8-6-4-2-1-3-5(6)7(9-8)10(12)13/h1-4,7H,(H,9,11). The van der Waals surface area contributed by atoms with Crippen molar-refractivity contribution in [3.8, 4) is 0 Å². The Bertz CT molecular complexity index is 389. The fourth-order valence-corrected chi connectivity index (χ4v) is 1.39. The lowest BCUT2D eigenvalue weighted by atomic mass is 10.1. The van der Waals surface area contributed by atoms with Crippen LogP contribution in [-0.4, -0.2) is 10.8 Å². The number of nitrogens with zero attached hydrogens (tertiary/aromatic N) is 1. The summed E-state index contributed by atoms with van der Waals surface area (Å²) in [6, 6.07) is 6.52. The SMILES string of the molecule is O=C1NC([N+](=O)[O-])c2ccccc21. The molecule has 1 unspecified atom stereocenters. The molecule has 0 aliphatic carbocycles. The van der Waals surface area contributed by atoms with Crippen LogP contribution in [0.5, 0.6) is 0 Å². The number of benzene rings is 1. The first kappa shape index (κ1) is 7.72. The Morgan fingerprint density at radius 2 is 2.08 bits per heavy atom. The molecule has 1 aromatic carbocycles. The number of nitrogens with one attached hydrogen (secondary N) is 1. The Morgan fingerprint density at radius 3 is 2.77 bits per heavy atom. The Morgan fingerprint density at radius 1 is 1.38 bits per heavy atom. The molecule has 0 bridgehead atoms. The van der Waals surface area contributed by atoms with Gasteiger partial charge in [0.2, 0.25) is 0 Å². The maximum absolute atomic E-state index is 11.2. The molecule has 1 heterocycles. The molecule has 66 valence electrons. The number of fused-ring (bicyclic) bond motifs is 1. The van der Waals surface area contributed by atoms with Crippen LogP contribution in [0.25, 0.3) is 0 Å². The van der Waals surface area contributed by atoms with Crippen LogP contribution < -0.4 is 5.32 Å². The van der Waals surface area contributed by atoms with Crippen LogP contribution in [0.2, 0.25) is 0 Å². The van der Waals surface area contributed by atoms with Crippen molar-refractivity contribution in [1.29, 1.82) is 0 Å². The van der Waals surface area contributed by atoms with Gasteiger partial charge in [0.1, 0.15) is 0 Å². The van der Waals surface area contributed by atoms with Crippen LogP contribution in [0.4, 0.5) is 0 Å². The zero-order valence-electron chi connectivity index (χ0n) is 6.56. The highest BCUT2D eigenvalue weighted by Crippen LogP contribution is 2.24. The topological polar surface area (TPSA) is 72.2 Å². The van der Waals surface area contributed by atoms with E-state index in [1.54, 1.807) is 24.3 Å². The van der Waals surface area contributed by atoms with Gasteiger partial charge in [-0.05, 0) is 12.1 Å². The minimum absolute atomic E-state index is 0.378. The van der Waals surface area contributed by atoms with Crippen molar-refractivity contribution in [3.05, 3.63) is 45.5 Å². The van der Waals surface area contributed by atoms with E-state index in [4.69, 9.17) is 0 Å². The lowest BCUT2D eigenvalue weighted by molar-refractivity contribution is -0.532. The van der Waals surface area contributed by atoms with Gasteiger partial charge in [-0.3, -0.25) is 20.2 Å². The van der Waals surface area contributed by atoms with E-state index in [0.717, 1.165) is 0 Å². The lowest BCUT2D eigenvalue weighted by Gasteiger charge is -2.00. The predicted molar refractivity (Wildman–Crippen MR) is 43.6 cm³/mol. The number of amides is 1. The third kappa shape index (κ3) is 1.05. The molecule has 2 rings (SSSR count). The molecular formula is C8H6N2O3. The highest BCUT2D eigenvalue weighted by Gasteiger charge is 2.35. The zero-order chi connectivity index (χ0) is 9.42. The molecule has 13 heavy (non-hydrogen) atoms. The minimum atomic E-state index is -1.08. The maximum Gasteiger partial charge on any atom is 0.313 e. The van der Waals surface area contributed by atoms with Crippen molar-refractivity contribution in [2.24, 2.45) is 0 Å². The Kier molecular flexibility index (Phi) is 1.51. The maximum atomic E-state index is 11.2. The van der Waals surface area contributed by atoms with Gasteiger partial charge in [-0.25, -0.2) is 0 Å². The Balaban J connectivity index is 2.53. The molecule has 0 aromatic heterocycles. The van der Waals surface area contributed by atoms with E-state index in [2.05, 4.69) is 5.32 Å². The summed E-state index contributed by atoms with van der Waals surface area (Å²) in [6.07, 6.45) is -1.08. The van der Waals surface area contributed by atoms with Crippen molar-refractivity contribution in [2.45, 2.75) is 6.17 Å². The third-order valence-electron chi connectivity index (χ3n) is 1.98. The molecule has 1 N–H and O–H groups in total. The average Bonchev–Trinajstić information content (AvgIpc) is 2.45. The van der Waals surface area contributed by atoms with Gasteiger partial charge in [0, 0.05) is 0 Å². The second-order valence-corrected chi connectivity index (χ2v) is 2.75. The van der Waals surface area contributed by atoms with Crippen molar-refractivity contribution >= 4 is 5.91 Å². The van der Waals surface area contributed by atoms with Gasteiger partial charge in [0.05, 0.1) is 16.1 Å². The van der Waals surface area contributed by atoms with E-state index in [1.165, 1.54) is 0 Å². The second kappa shape index (κ2) is 2.55. The van der Waals surface area contributed by atoms with Crippen LogP contribution in [-0.2, 0) is 0 Å². The first-order valence-electron chi connectivity index (χ1n) is 3.73. The summed E-state index contributed by atoms with van der Waals surface area (Å²) in [5.74, 6) is -0.378. The van der Waals surface area contributed by atoms with Crippen LogP contribution in [0.1, 0.15) is 22.1 Å². The van der Waals surface area contributed by atoms with Crippen LogP contribution in [0.3, 0.4) is 0 Å². The normalized spacial score (nSPS) is 19.4. The molecule has 1 aliphatic rings. The summed E-state index contributed by atoms with van der Waals surface area (Å²) < 4.78 is 0. The van der Waals surface area contributed by atoms with Crippen LogP contribution >= 0.6 is 0 Å². The summed E-state index contributed by atoms with van der Waals surface area (Å²) in [6.45, 7) is 0. The summed E-state index contributed by atoms with van der Waals surface area (Å²) in [5, 5.41) is 12.8. The molecular weight excluding hydrogens is 172 g/mol. The Hall–Kier alpha value is -1.91. The number of carbonyl (C=O) groups excluding carboxylic acids is 1. The molecule has 0 radical (unpaired) electrons. The van der Waals surface area contributed by atoms with E-state index in [9.17, 15) is 14.9 Å². The van der Waals surface area contributed by atoms with Gasteiger partial charge >= 0.3 is 6.17 Å². The van der Waals surface area contributed by atoms with Gasteiger partial charge < -0.3 is 0 Å². The summed E-state index contributed by atoms with van der Waals surface area (Å²) in [5.41, 5.74) is 0.835. The molecule has 0 spiro atoms. The zero-order valence-corrected chi connectivity index (χ0v) is 6.56. The van der Waals surface area contributed by atoms with Crippen molar-refractivity contribution in [3.63, 3.8) is 0 Å². The largest absolute Gasteiger partial charge is 0.313 e. The van der Waals surface area contributed by atoms with Crippen molar-refractivity contribution < 1.29 is 9.72 Å². The number of carbonyl (C=O) groups is 1. The quantitative estimate of drug-likeness (QED) is 0.508. The number of nitro groups is 1. The highest BCUT2D eigenvalue weighted by atomic mass is 16.6.